The number of thiazole rings is 1. The highest BCUT2D eigenvalue weighted by Crippen LogP contribution is 2.44. The van der Waals surface area contributed by atoms with E-state index in [4.69, 9.17) is 9.47 Å². The number of ketones is 1. The van der Waals surface area contributed by atoms with Gasteiger partial charge in [0.25, 0.3) is 5.78 Å². The van der Waals surface area contributed by atoms with Gasteiger partial charge in [0.2, 0.25) is 0 Å². The number of aliphatic hydroxyl groups excluding tert-OH is 1. The van der Waals surface area contributed by atoms with Crippen LogP contribution in [0.1, 0.15) is 57.9 Å². The molecule has 0 bridgehead atoms. The average Bonchev–Trinajstić information content (AvgIpc) is 3.44. The Morgan fingerprint density at radius 3 is 2.62 bits per heavy atom. The van der Waals surface area contributed by atoms with Gasteiger partial charge in [0.15, 0.2) is 5.13 Å². The second-order valence-electron chi connectivity index (χ2n) is 9.11. The van der Waals surface area contributed by atoms with Gasteiger partial charge in [-0.25, -0.2) is 9.78 Å². The molecule has 39 heavy (non-hydrogen) atoms. The first-order valence-electron chi connectivity index (χ1n) is 12.6. The summed E-state index contributed by atoms with van der Waals surface area (Å²) in [6, 6.07) is 13.2. The number of esters is 1. The van der Waals surface area contributed by atoms with Crippen LogP contribution in [0.15, 0.2) is 66.8 Å². The summed E-state index contributed by atoms with van der Waals surface area (Å²) in [6.07, 6.45) is 3.31. The van der Waals surface area contributed by atoms with E-state index in [1.54, 1.807) is 43.3 Å². The van der Waals surface area contributed by atoms with Gasteiger partial charge in [-0.15, -0.1) is 0 Å². The normalized spacial score (nSPS) is 16.4. The number of aromatic nitrogens is 1. The first-order valence-corrected chi connectivity index (χ1v) is 13.4. The monoisotopic (exact) mass is 546 g/mol. The Morgan fingerprint density at radius 1 is 1.18 bits per heavy atom. The quantitative estimate of drug-likeness (QED) is 0.0842. The van der Waals surface area contributed by atoms with Gasteiger partial charge >= 0.3 is 11.9 Å². The van der Waals surface area contributed by atoms with Gasteiger partial charge < -0.3 is 14.6 Å². The van der Waals surface area contributed by atoms with E-state index < -0.39 is 23.7 Å². The molecule has 1 unspecified atom stereocenters. The van der Waals surface area contributed by atoms with E-state index in [0.29, 0.717) is 29.2 Å². The smallest absolute Gasteiger partial charge is 0.350 e. The summed E-state index contributed by atoms with van der Waals surface area (Å²) in [5, 5.41) is 11.6. The molecule has 1 amide bonds. The number of anilines is 1. The second kappa shape index (κ2) is 12.1. The summed E-state index contributed by atoms with van der Waals surface area (Å²) < 4.78 is 10.9. The van der Waals surface area contributed by atoms with Crippen molar-refractivity contribution in [2.75, 3.05) is 18.1 Å². The predicted octanol–water partition coefficient (Wildman–Crippen LogP) is 5.91. The third kappa shape index (κ3) is 5.78. The molecule has 202 valence electrons. The van der Waals surface area contributed by atoms with E-state index in [0.717, 1.165) is 29.7 Å². The molecule has 0 radical (unpaired) electrons. The van der Waals surface area contributed by atoms with Crippen molar-refractivity contribution in [2.24, 2.45) is 0 Å². The van der Waals surface area contributed by atoms with Crippen LogP contribution in [0.4, 0.5) is 5.13 Å². The summed E-state index contributed by atoms with van der Waals surface area (Å²) in [5.41, 5.74) is 2.25. The third-order valence-corrected chi connectivity index (χ3v) is 7.36. The Morgan fingerprint density at radius 2 is 1.92 bits per heavy atom. The minimum absolute atomic E-state index is 0.0284. The molecule has 1 fully saturated rings. The van der Waals surface area contributed by atoms with Crippen molar-refractivity contribution >= 4 is 39.9 Å². The van der Waals surface area contributed by atoms with Crippen LogP contribution in [-0.2, 0) is 14.3 Å². The number of unbranched alkanes of at least 4 members (excludes halogenated alkanes) is 1. The molecule has 0 saturated carbocycles. The summed E-state index contributed by atoms with van der Waals surface area (Å²) >= 11 is 0.955. The van der Waals surface area contributed by atoms with Gasteiger partial charge in [-0.3, -0.25) is 14.5 Å². The van der Waals surface area contributed by atoms with Gasteiger partial charge in [0.05, 0.1) is 23.9 Å². The number of carbonyl (C=O) groups is 3. The number of hydrogen-bond donors (Lipinski definition) is 1. The molecule has 1 N–H and O–H groups in total. The Kier molecular flexibility index (Phi) is 8.61. The van der Waals surface area contributed by atoms with Gasteiger partial charge in [0, 0.05) is 5.56 Å². The zero-order valence-electron chi connectivity index (χ0n) is 22.1. The topological polar surface area (TPSA) is 106 Å². The fourth-order valence-corrected chi connectivity index (χ4v) is 5.18. The molecule has 9 heteroatoms. The molecule has 4 rings (SSSR count). The minimum Gasteiger partial charge on any atom is -0.507 e. The molecular formula is C30H30N2O6S. The fraction of sp³-hybridized carbons (Fsp3) is 0.267. The zero-order chi connectivity index (χ0) is 28.1. The number of rotatable bonds is 10. The molecule has 1 aliphatic heterocycles. The zero-order valence-corrected chi connectivity index (χ0v) is 22.9. The van der Waals surface area contributed by atoms with Crippen molar-refractivity contribution in [3.05, 3.63) is 94.0 Å². The lowest BCUT2D eigenvalue weighted by atomic mass is 9.95. The molecular weight excluding hydrogens is 516 g/mol. The number of ether oxygens (including phenoxy) is 2. The van der Waals surface area contributed by atoms with E-state index in [1.165, 1.54) is 11.0 Å². The number of aryl methyl sites for hydroxylation is 2. The SMILES string of the molecule is C=CCOC(=O)c1sc(N2C(=O)C(=O)/C(=C(/O)c3cccc(OCCCC)c3)C2c2ccc(C)cc2)nc1C. The standard InChI is InChI=1S/C30H30N2O6S/c1-5-7-16-37-22-10-8-9-21(17-22)25(33)23-24(20-13-11-18(3)12-14-20)32(28(35)26(23)34)30-31-19(4)27(39-30)29(36)38-15-6-2/h6,8-14,17,24,33H,2,5,7,15-16H2,1,3-4H3/b25-23+. The van der Waals surface area contributed by atoms with Crippen LogP contribution < -0.4 is 9.64 Å². The maximum atomic E-state index is 13.5. The number of Topliss-reactive ketones (excluding diaryl/α,β-unsaturated/α-hetero) is 1. The van der Waals surface area contributed by atoms with Crippen molar-refractivity contribution in [2.45, 2.75) is 39.7 Å². The van der Waals surface area contributed by atoms with Gasteiger partial charge in [-0.2, -0.15) is 0 Å². The van der Waals surface area contributed by atoms with E-state index >= 15 is 0 Å². The van der Waals surface area contributed by atoms with Gasteiger partial charge in [-0.05, 0) is 38.0 Å². The summed E-state index contributed by atoms with van der Waals surface area (Å²) in [5.74, 6) is -2.07. The Hall–Kier alpha value is -4.24. The van der Waals surface area contributed by atoms with Crippen molar-refractivity contribution in [3.63, 3.8) is 0 Å². The second-order valence-corrected chi connectivity index (χ2v) is 10.1. The van der Waals surface area contributed by atoms with Crippen molar-refractivity contribution in [3.8, 4) is 5.75 Å². The number of aliphatic hydroxyl groups is 1. The summed E-state index contributed by atoms with van der Waals surface area (Å²) in [6.45, 7) is 9.71. The van der Waals surface area contributed by atoms with Crippen LogP contribution in [0.5, 0.6) is 5.75 Å². The molecule has 1 saturated heterocycles. The fourth-order valence-electron chi connectivity index (χ4n) is 4.19. The van der Waals surface area contributed by atoms with Crippen LogP contribution in [0.25, 0.3) is 5.76 Å². The lowest BCUT2D eigenvalue weighted by Crippen LogP contribution is -2.29. The lowest BCUT2D eigenvalue weighted by molar-refractivity contribution is -0.132. The third-order valence-electron chi connectivity index (χ3n) is 6.22. The van der Waals surface area contributed by atoms with Crippen molar-refractivity contribution in [1.82, 2.24) is 4.98 Å². The van der Waals surface area contributed by atoms with Crippen LogP contribution in [0.2, 0.25) is 0 Å². The van der Waals surface area contributed by atoms with Crippen molar-refractivity contribution < 1.29 is 29.0 Å². The molecule has 0 aliphatic carbocycles. The number of carbonyl (C=O) groups excluding carboxylic acids is 3. The highest BCUT2D eigenvalue weighted by atomic mass is 32.1. The van der Waals surface area contributed by atoms with E-state index in [9.17, 15) is 19.5 Å². The Balaban J connectivity index is 1.82. The predicted molar refractivity (Wildman–Crippen MR) is 150 cm³/mol. The molecule has 8 nitrogen and oxygen atoms in total. The van der Waals surface area contributed by atoms with E-state index in [1.807, 2.05) is 19.1 Å². The number of hydrogen-bond acceptors (Lipinski definition) is 8. The summed E-state index contributed by atoms with van der Waals surface area (Å²) in [4.78, 5) is 45.3. The number of nitrogens with zero attached hydrogens (tertiary/aromatic N) is 2. The summed E-state index contributed by atoms with van der Waals surface area (Å²) in [7, 11) is 0. The highest BCUT2D eigenvalue weighted by molar-refractivity contribution is 7.17. The minimum atomic E-state index is -0.960. The molecule has 2 aromatic carbocycles. The van der Waals surface area contributed by atoms with E-state index in [-0.39, 0.29) is 27.9 Å². The van der Waals surface area contributed by atoms with Crippen LogP contribution in [0.3, 0.4) is 0 Å². The van der Waals surface area contributed by atoms with Crippen LogP contribution in [-0.4, -0.2) is 41.0 Å². The largest absolute Gasteiger partial charge is 0.507 e. The highest BCUT2D eigenvalue weighted by Gasteiger charge is 2.48. The average molecular weight is 547 g/mol. The van der Waals surface area contributed by atoms with Crippen LogP contribution >= 0.6 is 11.3 Å². The number of benzene rings is 2. The maximum Gasteiger partial charge on any atom is 0.350 e. The molecule has 3 aromatic rings. The lowest BCUT2D eigenvalue weighted by Gasteiger charge is -2.23. The maximum absolute atomic E-state index is 13.5. The number of amides is 1. The molecule has 2 heterocycles. The molecule has 1 atom stereocenters. The van der Waals surface area contributed by atoms with Crippen LogP contribution in [0, 0.1) is 13.8 Å². The Labute approximate surface area is 231 Å². The first-order chi connectivity index (χ1) is 18.8. The molecule has 1 aliphatic rings. The van der Waals surface area contributed by atoms with Crippen molar-refractivity contribution in [1.29, 1.82) is 0 Å². The van der Waals surface area contributed by atoms with Gasteiger partial charge in [-0.1, -0.05) is 79.3 Å². The van der Waals surface area contributed by atoms with Gasteiger partial charge in [0.1, 0.15) is 23.0 Å². The Bertz CT molecular complexity index is 1440. The van der Waals surface area contributed by atoms with E-state index in [2.05, 4.69) is 18.5 Å². The first kappa shape index (κ1) is 27.8. The molecule has 1 aromatic heterocycles. The molecule has 0 spiro atoms.